The first kappa shape index (κ1) is 12.2. The molecule has 0 aromatic heterocycles. The van der Waals surface area contributed by atoms with Crippen molar-refractivity contribution in [3.8, 4) is 6.07 Å². The Labute approximate surface area is 99.6 Å². The van der Waals surface area contributed by atoms with Gasteiger partial charge in [0.25, 0.3) is 0 Å². The minimum atomic E-state index is 0.304. The molecule has 0 saturated carbocycles. The maximum absolute atomic E-state index is 8.61. The van der Waals surface area contributed by atoms with E-state index in [1.165, 1.54) is 5.56 Å². The molecule has 0 radical (unpaired) electrons. The molecule has 1 aromatic carbocycles. The smallest absolute Gasteiger partial charge is 0.0638 e. The van der Waals surface area contributed by atoms with Crippen LogP contribution in [0, 0.1) is 11.3 Å². The fourth-order valence-corrected chi connectivity index (χ4v) is 1.59. The molecule has 0 fully saturated rings. The summed E-state index contributed by atoms with van der Waals surface area (Å²) in [4.78, 5) is 2.19. The number of rotatable bonds is 4. The van der Waals surface area contributed by atoms with Crippen LogP contribution in [0.4, 0.5) is 0 Å². The molecule has 0 aliphatic carbocycles. The van der Waals surface area contributed by atoms with Gasteiger partial charge in [-0.05, 0) is 31.7 Å². The van der Waals surface area contributed by atoms with Gasteiger partial charge >= 0.3 is 0 Å². The third kappa shape index (κ3) is 4.03. The van der Waals surface area contributed by atoms with Crippen LogP contribution in [0.3, 0.4) is 0 Å². The van der Waals surface area contributed by atoms with E-state index in [-0.39, 0.29) is 0 Å². The third-order valence-corrected chi connectivity index (χ3v) is 3.01. The standard InChI is InChI=1S/C12H15BrN2/c1-10(7-8-14)15(2)9-11-3-5-12(13)6-4-11/h3-6,10H,7,9H2,1-2H3. The summed E-state index contributed by atoms with van der Waals surface area (Å²) in [5, 5.41) is 8.61. The highest BCUT2D eigenvalue weighted by Gasteiger charge is 2.08. The predicted octanol–water partition coefficient (Wildman–Crippen LogP) is 3.18. The normalized spacial score (nSPS) is 12.5. The molecular formula is C12H15BrN2. The maximum Gasteiger partial charge on any atom is 0.0638 e. The fraction of sp³-hybridized carbons (Fsp3) is 0.417. The lowest BCUT2D eigenvalue weighted by atomic mass is 10.1. The summed E-state index contributed by atoms with van der Waals surface area (Å²) in [7, 11) is 2.05. The molecule has 3 heteroatoms. The van der Waals surface area contributed by atoms with Gasteiger partial charge in [0, 0.05) is 17.1 Å². The molecule has 15 heavy (non-hydrogen) atoms. The highest BCUT2D eigenvalue weighted by Crippen LogP contribution is 2.13. The van der Waals surface area contributed by atoms with Crippen LogP contribution in [0.25, 0.3) is 0 Å². The molecular weight excluding hydrogens is 252 g/mol. The van der Waals surface area contributed by atoms with E-state index in [1.54, 1.807) is 0 Å². The lowest BCUT2D eigenvalue weighted by Gasteiger charge is -2.22. The molecule has 0 amide bonds. The van der Waals surface area contributed by atoms with E-state index < -0.39 is 0 Å². The first-order chi connectivity index (χ1) is 7.13. The fourth-order valence-electron chi connectivity index (χ4n) is 1.32. The van der Waals surface area contributed by atoms with Crippen LogP contribution in [0.15, 0.2) is 28.7 Å². The molecule has 0 bridgehead atoms. The molecule has 0 aliphatic heterocycles. The molecule has 1 unspecified atom stereocenters. The highest BCUT2D eigenvalue weighted by molar-refractivity contribution is 9.10. The van der Waals surface area contributed by atoms with Gasteiger partial charge in [0.2, 0.25) is 0 Å². The summed E-state index contributed by atoms with van der Waals surface area (Å²) in [6.07, 6.45) is 0.576. The minimum Gasteiger partial charge on any atom is -0.298 e. The van der Waals surface area contributed by atoms with Gasteiger partial charge in [-0.3, -0.25) is 4.90 Å². The Bertz CT molecular complexity index is 340. The zero-order valence-corrected chi connectivity index (χ0v) is 10.7. The molecule has 0 heterocycles. The van der Waals surface area contributed by atoms with E-state index in [9.17, 15) is 0 Å². The Hall–Kier alpha value is -0.850. The van der Waals surface area contributed by atoms with Gasteiger partial charge in [-0.2, -0.15) is 5.26 Å². The van der Waals surface area contributed by atoms with Crippen molar-refractivity contribution in [1.82, 2.24) is 4.90 Å². The SMILES string of the molecule is CC(CC#N)N(C)Cc1ccc(Br)cc1. The number of nitrogens with zero attached hydrogens (tertiary/aromatic N) is 2. The molecule has 1 aromatic rings. The van der Waals surface area contributed by atoms with Crippen molar-refractivity contribution in [1.29, 1.82) is 5.26 Å². The predicted molar refractivity (Wildman–Crippen MR) is 65.3 cm³/mol. The van der Waals surface area contributed by atoms with Crippen molar-refractivity contribution < 1.29 is 0 Å². The number of halogens is 1. The number of hydrogen-bond acceptors (Lipinski definition) is 2. The van der Waals surface area contributed by atoms with E-state index in [2.05, 4.69) is 46.0 Å². The molecule has 1 atom stereocenters. The summed E-state index contributed by atoms with van der Waals surface area (Å²) >= 11 is 3.41. The van der Waals surface area contributed by atoms with E-state index in [0.29, 0.717) is 12.5 Å². The maximum atomic E-state index is 8.61. The largest absolute Gasteiger partial charge is 0.298 e. The molecule has 1 rings (SSSR count). The number of benzene rings is 1. The minimum absolute atomic E-state index is 0.304. The van der Waals surface area contributed by atoms with Crippen LogP contribution in [0.5, 0.6) is 0 Å². The lowest BCUT2D eigenvalue weighted by Crippen LogP contribution is -2.28. The number of hydrogen-bond donors (Lipinski definition) is 0. The van der Waals surface area contributed by atoms with Crippen LogP contribution in [-0.2, 0) is 6.54 Å². The van der Waals surface area contributed by atoms with Crippen LogP contribution >= 0.6 is 15.9 Å². The lowest BCUT2D eigenvalue weighted by molar-refractivity contribution is 0.252. The van der Waals surface area contributed by atoms with Gasteiger partial charge in [-0.1, -0.05) is 28.1 Å². The second-order valence-electron chi connectivity index (χ2n) is 3.75. The second-order valence-corrected chi connectivity index (χ2v) is 4.67. The summed E-state index contributed by atoms with van der Waals surface area (Å²) in [6, 6.07) is 10.8. The van der Waals surface area contributed by atoms with Crippen LogP contribution in [-0.4, -0.2) is 18.0 Å². The van der Waals surface area contributed by atoms with E-state index >= 15 is 0 Å². The first-order valence-electron chi connectivity index (χ1n) is 4.95. The van der Waals surface area contributed by atoms with Gasteiger partial charge in [0.1, 0.15) is 0 Å². The zero-order valence-electron chi connectivity index (χ0n) is 9.07. The molecule has 0 saturated heterocycles. The van der Waals surface area contributed by atoms with E-state index in [4.69, 9.17) is 5.26 Å². The van der Waals surface area contributed by atoms with Crippen LogP contribution in [0.2, 0.25) is 0 Å². The number of nitriles is 1. The topological polar surface area (TPSA) is 27.0 Å². The first-order valence-corrected chi connectivity index (χ1v) is 5.74. The van der Waals surface area contributed by atoms with Gasteiger partial charge in [-0.25, -0.2) is 0 Å². The Morgan fingerprint density at radius 3 is 2.53 bits per heavy atom. The van der Waals surface area contributed by atoms with Crippen molar-refractivity contribution in [3.63, 3.8) is 0 Å². The average Bonchev–Trinajstić information content (AvgIpc) is 2.22. The van der Waals surface area contributed by atoms with Gasteiger partial charge in [0.15, 0.2) is 0 Å². The van der Waals surface area contributed by atoms with Crippen molar-refractivity contribution in [2.45, 2.75) is 25.9 Å². The second kappa shape index (κ2) is 5.89. The zero-order chi connectivity index (χ0) is 11.3. The monoisotopic (exact) mass is 266 g/mol. The van der Waals surface area contributed by atoms with Gasteiger partial charge in [0.05, 0.1) is 12.5 Å². The average molecular weight is 267 g/mol. The van der Waals surface area contributed by atoms with Crippen molar-refractivity contribution >= 4 is 15.9 Å². The quantitative estimate of drug-likeness (QED) is 0.837. The Morgan fingerprint density at radius 1 is 1.40 bits per heavy atom. The summed E-state index contributed by atoms with van der Waals surface area (Å²) in [6.45, 7) is 2.96. The van der Waals surface area contributed by atoms with Gasteiger partial charge < -0.3 is 0 Å². The van der Waals surface area contributed by atoms with E-state index in [1.807, 2.05) is 19.2 Å². The van der Waals surface area contributed by atoms with Crippen LogP contribution < -0.4 is 0 Å². The Kier molecular flexibility index (Phi) is 4.80. The third-order valence-electron chi connectivity index (χ3n) is 2.48. The van der Waals surface area contributed by atoms with Gasteiger partial charge in [-0.15, -0.1) is 0 Å². The van der Waals surface area contributed by atoms with Crippen molar-refractivity contribution in [3.05, 3.63) is 34.3 Å². The molecule has 0 N–H and O–H groups in total. The summed E-state index contributed by atoms with van der Waals surface area (Å²) in [5.74, 6) is 0. The molecule has 80 valence electrons. The molecule has 0 spiro atoms. The summed E-state index contributed by atoms with van der Waals surface area (Å²) in [5.41, 5.74) is 1.27. The van der Waals surface area contributed by atoms with Crippen molar-refractivity contribution in [2.24, 2.45) is 0 Å². The molecule has 2 nitrogen and oxygen atoms in total. The Balaban J connectivity index is 2.55. The van der Waals surface area contributed by atoms with Crippen molar-refractivity contribution in [2.75, 3.05) is 7.05 Å². The molecule has 0 aliphatic rings. The Morgan fingerprint density at radius 2 is 2.00 bits per heavy atom. The van der Waals surface area contributed by atoms with Crippen LogP contribution in [0.1, 0.15) is 18.9 Å². The highest BCUT2D eigenvalue weighted by atomic mass is 79.9. The van der Waals surface area contributed by atoms with E-state index in [0.717, 1.165) is 11.0 Å². The summed E-state index contributed by atoms with van der Waals surface area (Å²) < 4.78 is 1.10.